The smallest absolute Gasteiger partial charge is 0.240 e. The first kappa shape index (κ1) is 21.0. The van der Waals surface area contributed by atoms with Crippen LogP contribution in [0, 0.1) is 13.8 Å². The topological polar surface area (TPSA) is 96.2 Å². The summed E-state index contributed by atoms with van der Waals surface area (Å²) in [7, 11) is 0. The monoisotopic (exact) mass is 390 g/mol. The third kappa shape index (κ3) is 6.11. The van der Waals surface area contributed by atoms with Crippen LogP contribution in [0.4, 0.5) is 5.69 Å². The van der Waals surface area contributed by atoms with Gasteiger partial charge in [-0.1, -0.05) is 36.4 Å². The van der Waals surface area contributed by atoms with Crippen molar-refractivity contribution in [1.29, 1.82) is 0 Å². The van der Waals surface area contributed by atoms with Gasteiger partial charge in [0.2, 0.25) is 11.8 Å². The summed E-state index contributed by atoms with van der Waals surface area (Å²) in [4.78, 5) is 28.5. The molecule has 1 heterocycles. The summed E-state index contributed by atoms with van der Waals surface area (Å²) in [5.74, 6) is -0.139. The van der Waals surface area contributed by atoms with Crippen LogP contribution in [0.2, 0.25) is 0 Å². The van der Waals surface area contributed by atoms with Gasteiger partial charge >= 0.3 is 0 Å². The molecule has 0 aliphatic heterocycles. The number of hydrogen-bond acceptors (Lipinski definition) is 5. The van der Waals surface area contributed by atoms with Crippen molar-refractivity contribution in [1.82, 2.24) is 14.9 Å². The maximum absolute atomic E-state index is 12.3. The molecule has 2 aromatic rings. The summed E-state index contributed by atoms with van der Waals surface area (Å²) in [5.41, 5.74) is 3.47. The first-order valence-electron chi connectivity index (χ1n) is 8.86. The number of thioether (sulfide) groups is 1. The van der Waals surface area contributed by atoms with Crippen LogP contribution in [0.1, 0.15) is 30.2 Å². The van der Waals surface area contributed by atoms with Gasteiger partial charge < -0.3 is 20.3 Å². The van der Waals surface area contributed by atoms with E-state index in [2.05, 4.69) is 15.6 Å². The highest BCUT2D eigenvalue weighted by Crippen LogP contribution is 2.20. The zero-order chi connectivity index (χ0) is 19.8. The number of carbonyl (C=O) groups excluding carboxylic acids is 2. The number of carbonyl (C=O) groups is 2. The van der Waals surface area contributed by atoms with Gasteiger partial charge in [-0.15, -0.1) is 0 Å². The quantitative estimate of drug-likeness (QED) is 0.571. The molecule has 7 nitrogen and oxygen atoms in total. The van der Waals surface area contributed by atoms with Crippen LogP contribution < -0.4 is 10.6 Å². The lowest BCUT2D eigenvalue weighted by molar-refractivity contribution is -0.121. The number of imidazole rings is 1. The molecule has 2 amide bonds. The number of benzene rings is 1. The number of aromatic nitrogens is 2. The average molecular weight is 391 g/mol. The number of nitrogens with zero attached hydrogens (tertiary/aromatic N) is 2. The van der Waals surface area contributed by atoms with Crippen LogP contribution in [-0.4, -0.2) is 38.8 Å². The SMILES string of the molecule is CCCNC(=O)Cn1c(CO)cnc1SCC(=O)Nc1ccc(C)cc1C. The Hall–Kier alpha value is -2.32. The van der Waals surface area contributed by atoms with Gasteiger partial charge in [0.1, 0.15) is 6.54 Å². The molecule has 146 valence electrons. The van der Waals surface area contributed by atoms with E-state index in [1.807, 2.05) is 39.0 Å². The molecule has 3 N–H and O–H groups in total. The number of anilines is 1. The number of aliphatic hydroxyl groups is 1. The Bertz CT molecular complexity index is 804. The van der Waals surface area contributed by atoms with Crippen molar-refractivity contribution in [3.05, 3.63) is 41.2 Å². The van der Waals surface area contributed by atoms with E-state index in [0.717, 1.165) is 23.2 Å². The molecule has 27 heavy (non-hydrogen) atoms. The maximum atomic E-state index is 12.3. The molecule has 2 rings (SSSR count). The maximum Gasteiger partial charge on any atom is 0.240 e. The summed E-state index contributed by atoms with van der Waals surface area (Å²) in [6.45, 7) is 6.38. The van der Waals surface area contributed by atoms with Gasteiger partial charge in [0.05, 0.1) is 24.3 Å². The molecule has 0 spiro atoms. The van der Waals surface area contributed by atoms with Crippen molar-refractivity contribution >= 4 is 29.3 Å². The lowest BCUT2D eigenvalue weighted by Crippen LogP contribution is -2.29. The van der Waals surface area contributed by atoms with E-state index >= 15 is 0 Å². The van der Waals surface area contributed by atoms with E-state index in [-0.39, 0.29) is 30.7 Å². The van der Waals surface area contributed by atoms with Crippen molar-refractivity contribution in [3.63, 3.8) is 0 Å². The number of aliphatic hydroxyl groups excluding tert-OH is 1. The zero-order valence-electron chi connectivity index (χ0n) is 15.9. The molecule has 1 aromatic heterocycles. The number of nitrogens with one attached hydrogen (secondary N) is 2. The first-order valence-corrected chi connectivity index (χ1v) is 9.85. The van der Waals surface area contributed by atoms with Crippen molar-refractivity contribution in [2.24, 2.45) is 0 Å². The van der Waals surface area contributed by atoms with Crippen molar-refractivity contribution in [2.75, 3.05) is 17.6 Å². The molecule has 1 aromatic carbocycles. The second-order valence-corrected chi connectivity index (χ2v) is 7.22. The van der Waals surface area contributed by atoms with Crippen LogP contribution >= 0.6 is 11.8 Å². The van der Waals surface area contributed by atoms with E-state index in [0.29, 0.717) is 17.4 Å². The first-order chi connectivity index (χ1) is 12.9. The fraction of sp³-hybridized carbons (Fsp3) is 0.421. The van der Waals surface area contributed by atoms with E-state index in [1.165, 1.54) is 18.0 Å². The second kappa shape index (κ2) is 10.1. The highest BCUT2D eigenvalue weighted by atomic mass is 32.2. The summed E-state index contributed by atoms with van der Waals surface area (Å²) < 4.78 is 1.64. The van der Waals surface area contributed by atoms with Crippen molar-refractivity contribution in [3.8, 4) is 0 Å². The summed E-state index contributed by atoms with van der Waals surface area (Å²) in [6.07, 6.45) is 2.38. The highest BCUT2D eigenvalue weighted by molar-refractivity contribution is 7.99. The summed E-state index contributed by atoms with van der Waals surface area (Å²) in [6, 6.07) is 5.85. The summed E-state index contributed by atoms with van der Waals surface area (Å²) in [5, 5.41) is 15.7. The molecule has 0 radical (unpaired) electrons. The van der Waals surface area contributed by atoms with Gasteiger partial charge in [0.15, 0.2) is 5.16 Å². The molecule has 0 aliphatic carbocycles. The lowest BCUT2D eigenvalue weighted by atomic mass is 10.1. The molecule has 0 bridgehead atoms. The third-order valence-corrected chi connectivity index (χ3v) is 4.92. The molecule has 8 heteroatoms. The molecule has 0 aliphatic rings. The summed E-state index contributed by atoms with van der Waals surface area (Å²) >= 11 is 1.23. The number of rotatable bonds is 9. The van der Waals surface area contributed by atoms with E-state index in [4.69, 9.17) is 0 Å². The fourth-order valence-electron chi connectivity index (χ4n) is 2.54. The van der Waals surface area contributed by atoms with Crippen LogP contribution in [-0.2, 0) is 22.7 Å². The standard InChI is InChI=1S/C19H26N4O3S/c1-4-7-20-17(25)10-23-15(11-24)9-21-19(23)27-12-18(26)22-16-6-5-13(2)8-14(16)3/h5-6,8-9,24H,4,7,10-12H2,1-3H3,(H,20,25)(H,22,26). The number of hydrogen-bond donors (Lipinski definition) is 3. The number of amides is 2. The van der Waals surface area contributed by atoms with Gasteiger partial charge in [-0.3, -0.25) is 9.59 Å². The zero-order valence-corrected chi connectivity index (χ0v) is 16.7. The fourth-order valence-corrected chi connectivity index (χ4v) is 3.33. The molecular weight excluding hydrogens is 364 g/mol. The Kier molecular flexibility index (Phi) is 7.87. The Balaban J connectivity index is 1.99. The molecule has 0 saturated carbocycles. The predicted octanol–water partition coefficient (Wildman–Crippen LogP) is 2.25. The predicted molar refractivity (Wildman–Crippen MR) is 107 cm³/mol. The molecular formula is C19H26N4O3S. The Morgan fingerprint density at radius 3 is 2.70 bits per heavy atom. The highest BCUT2D eigenvalue weighted by Gasteiger charge is 2.15. The minimum atomic E-state index is -0.219. The van der Waals surface area contributed by atoms with Gasteiger partial charge in [0, 0.05) is 12.2 Å². The average Bonchev–Trinajstić information content (AvgIpc) is 3.02. The molecule has 0 fully saturated rings. The van der Waals surface area contributed by atoms with Gasteiger partial charge in [-0.05, 0) is 31.9 Å². The van der Waals surface area contributed by atoms with Gasteiger partial charge in [0.25, 0.3) is 0 Å². The molecule has 0 unspecified atom stereocenters. The van der Waals surface area contributed by atoms with Crippen LogP contribution in [0.15, 0.2) is 29.6 Å². The number of aryl methyl sites for hydroxylation is 2. The van der Waals surface area contributed by atoms with Crippen LogP contribution in [0.25, 0.3) is 0 Å². The largest absolute Gasteiger partial charge is 0.390 e. The van der Waals surface area contributed by atoms with Gasteiger partial charge in [-0.2, -0.15) is 0 Å². The van der Waals surface area contributed by atoms with Crippen LogP contribution in [0.3, 0.4) is 0 Å². The van der Waals surface area contributed by atoms with E-state index in [9.17, 15) is 14.7 Å². The Morgan fingerprint density at radius 2 is 2.04 bits per heavy atom. The molecule has 0 saturated heterocycles. The van der Waals surface area contributed by atoms with Crippen molar-refractivity contribution < 1.29 is 14.7 Å². The van der Waals surface area contributed by atoms with E-state index < -0.39 is 0 Å². The van der Waals surface area contributed by atoms with Crippen LogP contribution in [0.5, 0.6) is 0 Å². The van der Waals surface area contributed by atoms with Crippen molar-refractivity contribution in [2.45, 2.75) is 45.5 Å². The van der Waals surface area contributed by atoms with Gasteiger partial charge in [-0.25, -0.2) is 4.98 Å². The minimum Gasteiger partial charge on any atom is -0.390 e. The minimum absolute atomic E-state index is 0.0664. The normalized spacial score (nSPS) is 10.7. The second-order valence-electron chi connectivity index (χ2n) is 6.28. The molecule has 0 atom stereocenters. The van der Waals surface area contributed by atoms with E-state index in [1.54, 1.807) is 4.57 Å². The lowest BCUT2D eigenvalue weighted by Gasteiger charge is -2.11. The Labute approximate surface area is 163 Å². The Morgan fingerprint density at radius 1 is 1.26 bits per heavy atom. The third-order valence-electron chi connectivity index (χ3n) is 3.93.